The molecule has 2 nitrogen and oxygen atoms in total. The highest BCUT2D eigenvalue weighted by Gasteiger charge is 2.21. The van der Waals surface area contributed by atoms with Crippen LogP contribution >= 0.6 is 0 Å². The molecule has 1 aliphatic rings. The largest absolute Gasteiger partial charge is 0.411 e. The van der Waals surface area contributed by atoms with E-state index in [2.05, 4.69) is 19.0 Å². The van der Waals surface area contributed by atoms with Crippen molar-refractivity contribution >= 4 is 5.71 Å². The molecule has 0 aromatic rings. The Kier molecular flexibility index (Phi) is 2.53. The quantitative estimate of drug-likeness (QED) is 0.325. The van der Waals surface area contributed by atoms with Gasteiger partial charge in [0.05, 0.1) is 5.71 Å². The molecular weight excluding hydrogens is 138 g/mol. The number of hydrogen-bond donors (Lipinski definition) is 1. The minimum atomic E-state index is 0.451. The van der Waals surface area contributed by atoms with E-state index in [0.29, 0.717) is 5.41 Å². The van der Waals surface area contributed by atoms with Crippen molar-refractivity contribution in [3.8, 4) is 0 Å². The summed E-state index contributed by atoms with van der Waals surface area (Å²) in [6.07, 6.45) is 5.55. The van der Waals surface area contributed by atoms with E-state index in [-0.39, 0.29) is 0 Å². The topological polar surface area (TPSA) is 32.6 Å². The first kappa shape index (κ1) is 8.57. The van der Waals surface area contributed by atoms with E-state index in [1.807, 2.05) is 0 Å². The Morgan fingerprint density at radius 1 is 1.27 bits per heavy atom. The molecule has 1 aliphatic carbocycles. The van der Waals surface area contributed by atoms with Crippen LogP contribution in [0.5, 0.6) is 0 Å². The average Bonchev–Trinajstić information content (AvgIpc) is 2.10. The van der Waals surface area contributed by atoms with Gasteiger partial charge in [0, 0.05) is 0 Å². The summed E-state index contributed by atoms with van der Waals surface area (Å²) >= 11 is 0. The maximum Gasteiger partial charge on any atom is 0.0571 e. The van der Waals surface area contributed by atoms with Gasteiger partial charge in [-0.2, -0.15) is 0 Å². The molecule has 0 unspecified atom stereocenters. The van der Waals surface area contributed by atoms with Crippen LogP contribution in [0.1, 0.15) is 46.0 Å². The van der Waals surface area contributed by atoms with Crippen molar-refractivity contribution in [3.63, 3.8) is 0 Å². The van der Waals surface area contributed by atoms with E-state index in [1.165, 1.54) is 12.8 Å². The van der Waals surface area contributed by atoms with E-state index in [1.54, 1.807) is 0 Å². The van der Waals surface area contributed by atoms with Crippen molar-refractivity contribution in [2.75, 3.05) is 0 Å². The number of nitrogens with zero attached hydrogens (tertiary/aromatic N) is 1. The van der Waals surface area contributed by atoms with Crippen molar-refractivity contribution in [2.45, 2.75) is 46.0 Å². The summed E-state index contributed by atoms with van der Waals surface area (Å²) in [7, 11) is 0. The van der Waals surface area contributed by atoms with Gasteiger partial charge in [0.25, 0.3) is 0 Å². The van der Waals surface area contributed by atoms with E-state index in [0.717, 1.165) is 25.0 Å². The van der Waals surface area contributed by atoms with Gasteiger partial charge in [0.15, 0.2) is 0 Å². The second-order valence-corrected chi connectivity index (χ2v) is 4.18. The lowest BCUT2D eigenvalue weighted by atomic mass is 9.85. The van der Waals surface area contributed by atoms with E-state index in [9.17, 15) is 0 Å². The molecule has 0 aromatic heterocycles. The third kappa shape index (κ3) is 2.52. The minimum absolute atomic E-state index is 0.451. The van der Waals surface area contributed by atoms with E-state index >= 15 is 0 Å². The molecule has 0 aromatic carbocycles. The standard InChI is InChI=1S/C9H17NO/c1-9(2)6-3-4-8(10-11)5-7-9/h11H,3-7H2,1-2H3. The molecule has 1 saturated carbocycles. The summed E-state index contributed by atoms with van der Waals surface area (Å²) in [4.78, 5) is 0. The van der Waals surface area contributed by atoms with Crippen LogP contribution in [0.25, 0.3) is 0 Å². The molecule has 11 heavy (non-hydrogen) atoms. The number of rotatable bonds is 0. The lowest BCUT2D eigenvalue weighted by Crippen LogP contribution is -2.08. The van der Waals surface area contributed by atoms with Gasteiger partial charge in [-0.3, -0.25) is 0 Å². The van der Waals surface area contributed by atoms with Gasteiger partial charge in [-0.1, -0.05) is 19.0 Å². The van der Waals surface area contributed by atoms with Gasteiger partial charge in [0.2, 0.25) is 0 Å². The third-order valence-corrected chi connectivity index (χ3v) is 2.55. The zero-order valence-electron chi connectivity index (χ0n) is 7.43. The molecule has 0 heterocycles. The second-order valence-electron chi connectivity index (χ2n) is 4.18. The van der Waals surface area contributed by atoms with Crippen molar-refractivity contribution in [2.24, 2.45) is 10.6 Å². The van der Waals surface area contributed by atoms with E-state index < -0.39 is 0 Å². The van der Waals surface area contributed by atoms with Gasteiger partial charge >= 0.3 is 0 Å². The summed E-state index contributed by atoms with van der Waals surface area (Å²) in [5.41, 5.74) is 1.43. The van der Waals surface area contributed by atoms with Crippen LogP contribution in [-0.4, -0.2) is 10.9 Å². The zero-order chi connectivity index (χ0) is 8.32. The first-order chi connectivity index (χ1) is 5.14. The van der Waals surface area contributed by atoms with Crippen LogP contribution in [0, 0.1) is 5.41 Å². The highest BCUT2D eigenvalue weighted by molar-refractivity contribution is 5.84. The van der Waals surface area contributed by atoms with Crippen molar-refractivity contribution in [3.05, 3.63) is 0 Å². The van der Waals surface area contributed by atoms with Gasteiger partial charge in [0.1, 0.15) is 0 Å². The molecule has 0 spiro atoms. The van der Waals surface area contributed by atoms with Crippen LogP contribution < -0.4 is 0 Å². The Hall–Kier alpha value is -0.530. The van der Waals surface area contributed by atoms with Gasteiger partial charge in [-0.25, -0.2) is 0 Å². The Labute approximate surface area is 68.3 Å². The molecule has 0 amide bonds. The molecule has 0 bridgehead atoms. The fourth-order valence-corrected chi connectivity index (χ4v) is 1.60. The molecule has 0 atom stereocenters. The molecule has 1 N–H and O–H groups in total. The fraction of sp³-hybridized carbons (Fsp3) is 0.889. The first-order valence-electron chi connectivity index (χ1n) is 4.34. The molecule has 64 valence electrons. The Morgan fingerprint density at radius 3 is 2.64 bits per heavy atom. The predicted molar refractivity (Wildman–Crippen MR) is 46.1 cm³/mol. The third-order valence-electron chi connectivity index (χ3n) is 2.55. The molecule has 0 saturated heterocycles. The van der Waals surface area contributed by atoms with Crippen LogP contribution in [0.15, 0.2) is 5.16 Å². The summed E-state index contributed by atoms with van der Waals surface area (Å²) in [5, 5.41) is 11.9. The fourth-order valence-electron chi connectivity index (χ4n) is 1.60. The smallest absolute Gasteiger partial charge is 0.0571 e. The molecule has 2 heteroatoms. The van der Waals surface area contributed by atoms with Gasteiger partial charge < -0.3 is 5.21 Å². The predicted octanol–water partition coefficient (Wildman–Crippen LogP) is 2.81. The molecular formula is C9H17NO. The zero-order valence-corrected chi connectivity index (χ0v) is 7.43. The maximum absolute atomic E-state index is 8.57. The lowest BCUT2D eigenvalue weighted by molar-refractivity contribution is 0.311. The monoisotopic (exact) mass is 155 g/mol. The number of hydrogen-bond acceptors (Lipinski definition) is 2. The summed E-state index contributed by atoms with van der Waals surface area (Å²) in [6.45, 7) is 4.57. The Balaban J connectivity index is 2.53. The summed E-state index contributed by atoms with van der Waals surface area (Å²) < 4.78 is 0. The molecule has 1 fully saturated rings. The van der Waals surface area contributed by atoms with E-state index in [4.69, 9.17) is 5.21 Å². The van der Waals surface area contributed by atoms with Gasteiger partial charge in [-0.05, 0) is 37.5 Å². The highest BCUT2D eigenvalue weighted by Crippen LogP contribution is 2.32. The Morgan fingerprint density at radius 2 is 2.00 bits per heavy atom. The van der Waals surface area contributed by atoms with Crippen molar-refractivity contribution in [1.29, 1.82) is 0 Å². The van der Waals surface area contributed by atoms with Crippen molar-refractivity contribution < 1.29 is 5.21 Å². The summed E-state index contributed by atoms with van der Waals surface area (Å²) in [6, 6.07) is 0. The lowest BCUT2D eigenvalue weighted by Gasteiger charge is -2.20. The maximum atomic E-state index is 8.57. The molecule has 0 aliphatic heterocycles. The minimum Gasteiger partial charge on any atom is -0.411 e. The van der Waals surface area contributed by atoms with Gasteiger partial charge in [-0.15, -0.1) is 0 Å². The normalized spacial score (nSPS) is 28.4. The molecule has 0 radical (unpaired) electrons. The average molecular weight is 155 g/mol. The van der Waals surface area contributed by atoms with Crippen LogP contribution in [-0.2, 0) is 0 Å². The van der Waals surface area contributed by atoms with Crippen LogP contribution in [0.3, 0.4) is 0 Å². The number of oxime groups is 1. The van der Waals surface area contributed by atoms with Crippen molar-refractivity contribution in [1.82, 2.24) is 0 Å². The van der Waals surface area contributed by atoms with Crippen LogP contribution in [0.2, 0.25) is 0 Å². The highest BCUT2D eigenvalue weighted by atomic mass is 16.4. The SMILES string of the molecule is CC1(C)CCCC(=NO)CC1. The van der Waals surface area contributed by atoms with Crippen LogP contribution in [0.4, 0.5) is 0 Å². The summed E-state index contributed by atoms with van der Waals surface area (Å²) in [5.74, 6) is 0. The molecule has 1 rings (SSSR count). The Bertz CT molecular complexity index is 161. The first-order valence-corrected chi connectivity index (χ1v) is 4.34. The second kappa shape index (κ2) is 3.24.